The summed E-state index contributed by atoms with van der Waals surface area (Å²) in [6, 6.07) is 12.2. The Balaban J connectivity index is 2.08. The molecule has 7 heteroatoms. The number of carbonyl (C=O) groups is 1. The van der Waals surface area contributed by atoms with E-state index in [-0.39, 0.29) is 12.5 Å². The van der Waals surface area contributed by atoms with Crippen LogP contribution in [0, 0.1) is 11.3 Å². The van der Waals surface area contributed by atoms with E-state index in [1.165, 1.54) is 14.2 Å². The Kier molecular flexibility index (Phi) is 5.88. The third-order valence-electron chi connectivity index (χ3n) is 3.23. The number of hydrogen-bond acceptors (Lipinski definition) is 5. The lowest BCUT2D eigenvalue weighted by atomic mass is 10.2. The number of para-hydroxylation sites is 1. The minimum Gasteiger partial charge on any atom is -0.495 e. The average Bonchev–Trinajstić information content (AvgIpc) is 2.61. The number of nitrogens with zero attached hydrogens (tertiary/aromatic N) is 1. The van der Waals surface area contributed by atoms with Crippen molar-refractivity contribution in [3.8, 4) is 17.6 Å². The fraction of sp³-hybridized carbons (Fsp3) is 0.176. The van der Waals surface area contributed by atoms with Crippen molar-refractivity contribution in [1.29, 1.82) is 5.26 Å². The van der Waals surface area contributed by atoms with Gasteiger partial charge in [0.25, 0.3) is 0 Å². The molecule has 0 aliphatic heterocycles. The second-order valence-electron chi connectivity index (χ2n) is 4.75. The van der Waals surface area contributed by atoms with Crippen molar-refractivity contribution in [3.05, 3.63) is 47.0 Å². The van der Waals surface area contributed by atoms with Gasteiger partial charge in [-0.1, -0.05) is 23.7 Å². The summed E-state index contributed by atoms with van der Waals surface area (Å²) in [7, 11) is 2.97. The van der Waals surface area contributed by atoms with E-state index in [4.69, 9.17) is 26.3 Å². The molecule has 6 nitrogen and oxygen atoms in total. The molecule has 0 fully saturated rings. The van der Waals surface area contributed by atoms with Gasteiger partial charge in [0.05, 0.1) is 42.7 Å². The van der Waals surface area contributed by atoms with E-state index in [0.29, 0.717) is 33.5 Å². The Morgan fingerprint density at radius 2 is 1.88 bits per heavy atom. The minimum atomic E-state index is -0.301. The van der Waals surface area contributed by atoms with Crippen molar-refractivity contribution in [2.75, 3.05) is 31.4 Å². The van der Waals surface area contributed by atoms with Gasteiger partial charge < -0.3 is 20.1 Å². The molecule has 0 saturated carbocycles. The highest BCUT2D eigenvalue weighted by molar-refractivity contribution is 6.32. The van der Waals surface area contributed by atoms with Crippen LogP contribution in [-0.2, 0) is 4.79 Å². The summed E-state index contributed by atoms with van der Waals surface area (Å²) in [5.74, 6) is 0.549. The largest absolute Gasteiger partial charge is 0.495 e. The Hall–Kier alpha value is -2.91. The molecule has 0 atom stereocenters. The molecular formula is C17H16ClN3O3. The molecule has 2 aromatic rings. The van der Waals surface area contributed by atoms with Crippen LogP contribution in [0.3, 0.4) is 0 Å². The average molecular weight is 346 g/mol. The van der Waals surface area contributed by atoms with Crippen molar-refractivity contribution >= 4 is 28.9 Å². The maximum atomic E-state index is 12.2. The summed E-state index contributed by atoms with van der Waals surface area (Å²) in [6.07, 6.45) is 0. The summed E-state index contributed by atoms with van der Waals surface area (Å²) in [5, 5.41) is 15.1. The summed E-state index contributed by atoms with van der Waals surface area (Å²) in [4.78, 5) is 12.2. The van der Waals surface area contributed by atoms with Crippen molar-refractivity contribution in [1.82, 2.24) is 0 Å². The fourth-order valence-electron chi connectivity index (χ4n) is 2.06. The van der Waals surface area contributed by atoms with Crippen molar-refractivity contribution < 1.29 is 14.3 Å². The Bertz CT molecular complexity index is 787. The van der Waals surface area contributed by atoms with E-state index in [1.807, 2.05) is 0 Å². The van der Waals surface area contributed by atoms with Crippen LogP contribution in [0.15, 0.2) is 36.4 Å². The van der Waals surface area contributed by atoms with Crippen LogP contribution < -0.4 is 20.1 Å². The van der Waals surface area contributed by atoms with Gasteiger partial charge in [-0.05, 0) is 12.1 Å². The first kappa shape index (κ1) is 17.4. The second kappa shape index (κ2) is 8.09. The first-order chi connectivity index (χ1) is 11.6. The van der Waals surface area contributed by atoms with E-state index in [2.05, 4.69) is 16.7 Å². The molecule has 124 valence electrons. The van der Waals surface area contributed by atoms with Crippen LogP contribution in [0.25, 0.3) is 0 Å². The number of methoxy groups -OCH3 is 2. The molecule has 0 unspecified atom stereocenters. The Morgan fingerprint density at radius 1 is 1.17 bits per heavy atom. The number of nitriles is 1. The standard InChI is InChI=1S/C17H16ClN3O3/c1-23-15-8-14(16(24-2)7-12(15)18)21-17(22)10-20-13-6-4-3-5-11(13)9-19/h3-8,20H,10H2,1-2H3,(H,21,22). The normalized spacial score (nSPS) is 9.75. The highest BCUT2D eigenvalue weighted by Gasteiger charge is 2.13. The van der Waals surface area contributed by atoms with Crippen molar-refractivity contribution in [3.63, 3.8) is 0 Å². The number of benzene rings is 2. The molecule has 0 aliphatic carbocycles. The molecule has 1 amide bonds. The zero-order chi connectivity index (χ0) is 17.5. The number of carbonyl (C=O) groups excluding carboxylic acids is 1. The van der Waals surface area contributed by atoms with Crippen LogP contribution in [0.5, 0.6) is 11.5 Å². The lowest BCUT2D eigenvalue weighted by Gasteiger charge is -2.14. The van der Waals surface area contributed by atoms with Crippen LogP contribution in [-0.4, -0.2) is 26.7 Å². The van der Waals surface area contributed by atoms with E-state index in [0.717, 1.165) is 0 Å². The summed E-state index contributed by atoms with van der Waals surface area (Å²) < 4.78 is 10.3. The van der Waals surface area contributed by atoms with E-state index in [9.17, 15) is 4.79 Å². The lowest BCUT2D eigenvalue weighted by Crippen LogP contribution is -2.22. The fourth-order valence-corrected chi connectivity index (χ4v) is 2.29. The molecule has 2 N–H and O–H groups in total. The first-order valence-corrected chi connectivity index (χ1v) is 7.41. The number of rotatable bonds is 6. The minimum absolute atomic E-state index is 0.00715. The lowest BCUT2D eigenvalue weighted by molar-refractivity contribution is -0.114. The highest BCUT2D eigenvalue weighted by Crippen LogP contribution is 2.35. The summed E-state index contributed by atoms with van der Waals surface area (Å²) in [5.41, 5.74) is 1.51. The van der Waals surface area contributed by atoms with E-state index < -0.39 is 0 Å². The molecule has 0 aliphatic rings. The predicted octanol–water partition coefficient (Wildman–Crippen LogP) is 3.28. The molecule has 0 radical (unpaired) electrons. The molecule has 2 aromatic carbocycles. The predicted molar refractivity (Wildman–Crippen MR) is 92.8 cm³/mol. The van der Waals surface area contributed by atoms with Gasteiger partial charge in [-0.15, -0.1) is 0 Å². The second-order valence-corrected chi connectivity index (χ2v) is 5.15. The number of halogens is 1. The monoisotopic (exact) mass is 345 g/mol. The third kappa shape index (κ3) is 4.09. The van der Waals surface area contributed by atoms with Gasteiger partial charge in [0.2, 0.25) is 5.91 Å². The zero-order valence-corrected chi connectivity index (χ0v) is 14.0. The topological polar surface area (TPSA) is 83.4 Å². The van der Waals surface area contributed by atoms with Crippen LogP contribution >= 0.6 is 11.6 Å². The van der Waals surface area contributed by atoms with Gasteiger partial charge in [-0.3, -0.25) is 4.79 Å². The Labute approximate surface area is 144 Å². The third-order valence-corrected chi connectivity index (χ3v) is 3.53. The number of ether oxygens (including phenoxy) is 2. The number of anilines is 2. The van der Waals surface area contributed by atoms with Gasteiger partial charge in [0.15, 0.2) is 0 Å². The summed E-state index contributed by atoms with van der Waals surface area (Å²) >= 11 is 6.03. The molecule has 0 aromatic heterocycles. The molecular weight excluding hydrogens is 330 g/mol. The molecule has 2 rings (SSSR count). The maximum Gasteiger partial charge on any atom is 0.243 e. The van der Waals surface area contributed by atoms with Gasteiger partial charge in [-0.2, -0.15) is 5.26 Å². The highest BCUT2D eigenvalue weighted by atomic mass is 35.5. The number of nitrogens with one attached hydrogen (secondary N) is 2. The molecule has 24 heavy (non-hydrogen) atoms. The van der Waals surface area contributed by atoms with Gasteiger partial charge in [-0.25, -0.2) is 0 Å². The molecule has 0 heterocycles. The van der Waals surface area contributed by atoms with E-state index >= 15 is 0 Å². The molecule has 0 saturated heterocycles. The Morgan fingerprint density at radius 3 is 2.54 bits per heavy atom. The van der Waals surface area contributed by atoms with E-state index in [1.54, 1.807) is 36.4 Å². The first-order valence-electron chi connectivity index (χ1n) is 7.03. The van der Waals surface area contributed by atoms with Crippen LogP contribution in [0.2, 0.25) is 5.02 Å². The van der Waals surface area contributed by atoms with Gasteiger partial charge >= 0.3 is 0 Å². The quantitative estimate of drug-likeness (QED) is 0.839. The van der Waals surface area contributed by atoms with Gasteiger partial charge in [0, 0.05) is 12.1 Å². The van der Waals surface area contributed by atoms with Crippen molar-refractivity contribution in [2.24, 2.45) is 0 Å². The summed E-state index contributed by atoms with van der Waals surface area (Å²) in [6.45, 7) is -0.00715. The number of hydrogen-bond donors (Lipinski definition) is 2. The van der Waals surface area contributed by atoms with Gasteiger partial charge in [0.1, 0.15) is 17.6 Å². The maximum absolute atomic E-state index is 12.2. The van der Waals surface area contributed by atoms with Crippen molar-refractivity contribution in [2.45, 2.75) is 0 Å². The molecule has 0 bridgehead atoms. The number of amides is 1. The van der Waals surface area contributed by atoms with Crippen LogP contribution in [0.4, 0.5) is 11.4 Å². The smallest absolute Gasteiger partial charge is 0.243 e. The zero-order valence-electron chi connectivity index (χ0n) is 13.2. The van der Waals surface area contributed by atoms with Crippen LogP contribution in [0.1, 0.15) is 5.56 Å². The molecule has 0 spiro atoms. The SMILES string of the molecule is COc1cc(NC(=O)CNc2ccccc2C#N)c(OC)cc1Cl.